The molecule has 0 aromatic rings. The van der Waals surface area contributed by atoms with E-state index in [0.717, 1.165) is 12.2 Å². The second kappa shape index (κ2) is 31.7. The highest BCUT2D eigenvalue weighted by Gasteiger charge is 1.61. The van der Waals surface area contributed by atoms with Crippen LogP contribution in [0.3, 0.4) is 0 Å². The number of rotatable bonds is 0. The maximum atomic E-state index is 9.00. The molecular weight excluding hydrogens is 196 g/mol. The summed E-state index contributed by atoms with van der Waals surface area (Å²) in [5, 5.41) is 10.8. The quantitative estimate of drug-likeness (QED) is 0.192. The Morgan fingerprint density at radius 1 is 0.786 bits per heavy atom. The van der Waals surface area contributed by atoms with Gasteiger partial charge in [0, 0.05) is 0 Å². The summed E-state index contributed by atoms with van der Waals surface area (Å²) in [4.78, 5) is 34.7. The van der Waals surface area contributed by atoms with Gasteiger partial charge in [-0.1, -0.05) is 0 Å². The predicted molar refractivity (Wildman–Crippen MR) is 44.4 cm³/mol. The molecule has 10 heteroatoms. The van der Waals surface area contributed by atoms with Gasteiger partial charge in [-0.15, -0.1) is 0 Å². The van der Waals surface area contributed by atoms with E-state index in [0.29, 0.717) is 0 Å². The zero-order chi connectivity index (χ0) is 12.6. The van der Waals surface area contributed by atoms with E-state index in [1.54, 1.807) is 0 Å². The molecule has 0 aliphatic rings. The lowest BCUT2D eigenvalue weighted by molar-refractivity contribution is 0.255. The average Bonchev–Trinajstić information content (AvgIpc) is 1.85. The van der Waals surface area contributed by atoms with Gasteiger partial charge in [0.15, 0.2) is 0 Å². The molecule has 0 heterocycles. The molecule has 0 aliphatic carbocycles. The molecule has 0 atom stereocenters. The van der Waals surface area contributed by atoms with Crippen LogP contribution in [-0.4, -0.2) is 24.2 Å². The van der Waals surface area contributed by atoms with Crippen molar-refractivity contribution in [3.8, 4) is 0 Å². The van der Waals surface area contributed by atoms with Crippen LogP contribution in [0, 0.1) is 10.8 Å². The SMILES string of the molecule is N=C=O.N=C=O.NC(N)=O.NC(N)=O. The zero-order valence-corrected chi connectivity index (χ0v) is 6.94. The van der Waals surface area contributed by atoms with Crippen molar-refractivity contribution in [1.82, 2.24) is 0 Å². The van der Waals surface area contributed by atoms with Crippen molar-refractivity contribution in [2.75, 3.05) is 0 Å². The number of carbonyl (C=O) groups is 2. The molecule has 0 unspecified atom stereocenters. The third-order valence-electron chi connectivity index (χ3n) is 0. The molecule has 4 amide bonds. The lowest BCUT2D eigenvalue weighted by atomic mass is 11.2. The number of hydrogen-bond donors (Lipinski definition) is 6. The minimum Gasteiger partial charge on any atom is -0.352 e. The molecule has 10 nitrogen and oxygen atoms in total. The summed E-state index contributed by atoms with van der Waals surface area (Å²) in [7, 11) is 0. The Kier molecular flexibility index (Phi) is 51.0. The second-order valence-corrected chi connectivity index (χ2v) is 1.01. The first-order valence-corrected chi connectivity index (χ1v) is 2.47. The van der Waals surface area contributed by atoms with E-state index in [9.17, 15) is 0 Å². The summed E-state index contributed by atoms with van der Waals surface area (Å²) >= 11 is 0. The fourth-order valence-electron chi connectivity index (χ4n) is 0. The van der Waals surface area contributed by atoms with E-state index in [1.165, 1.54) is 0 Å². The van der Waals surface area contributed by atoms with Crippen molar-refractivity contribution < 1.29 is 19.2 Å². The maximum Gasteiger partial charge on any atom is 0.309 e. The summed E-state index contributed by atoms with van der Waals surface area (Å²) < 4.78 is 0. The number of carbonyl (C=O) groups excluding carboxylic acids is 4. The van der Waals surface area contributed by atoms with Gasteiger partial charge >= 0.3 is 12.1 Å². The lowest BCUT2D eigenvalue weighted by Gasteiger charge is -1.62. The molecule has 10 N–H and O–H groups in total. The second-order valence-electron chi connectivity index (χ2n) is 1.01. The monoisotopic (exact) mass is 206 g/mol. The molecule has 0 radical (unpaired) electrons. The number of primary amides is 4. The van der Waals surface area contributed by atoms with Crippen LogP contribution in [0.25, 0.3) is 0 Å². The van der Waals surface area contributed by atoms with Crippen LogP contribution in [0.1, 0.15) is 0 Å². The van der Waals surface area contributed by atoms with Crippen molar-refractivity contribution in [3.63, 3.8) is 0 Å². The minimum absolute atomic E-state index is 0.750. The third-order valence-corrected chi connectivity index (χ3v) is 0. The van der Waals surface area contributed by atoms with Crippen LogP contribution in [0.15, 0.2) is 0 Å². The zero-order valence-electron chi connectivity index (χ0n) is 6.94. The molecule has 0 saturated heterocycles. The van der Waals surface area contributed by atoms with Gasteiger partial charge in [-0.3, -0.25) is 0 Å². The van der Waals surface area contributed by atoms with E-state index in [-0.39, 0.29) is 0 Å². The van der Waals surface area contributed by atoms with Gasteiger partial charge in [0.25, 0.3) is 0 Å². The van der Waals surface area contributed by atoms with Gasteiger partial charge in [-0.25, -0.2) is 30.0 Å². The van der Waals surface area contributed by atoms with Crippen molar-refractivity contribution in [3.05, 3.63) is 0 Å². The lowest BCUT2D eigenvalue weighted by Crippen LogP contribution is -2.18. The van der Waals surface area contributed by atoms with Gasteiger partial charge in [0.1, 0.15) is 0 Å². The molecular formula is C4H10N6O4. The number of amides is 4. The molecule has 0 aromatic carbocycles. The Balaban J connectivity index is -0.0000000482. The Labute approximate surface area is 78.2 Å². The predicted octanol–water partition coefficient (Wildman–Crippen LogP) is -2.15. The highest BCUT2D eigenvalue weighted by atomic mass is 16.2. The van der Waals surface area contributed by atoms with Crippen LogP contribution in [0.4, 0.5) is 9.59 Å². The van der Waals surface area contributed by atoms with E-state index < -0.39 is 12.1 Å². The first-order chi connectivity index (χ1) is 6.29. The smallest absolute Gasteiger partial charge is 0.309 e. The van der Waals surface area contributed by atoms with Gasteiger partial charge in [0.05, 0.1) is 0 Å². The highest BCUT2D eigenvalue weighted by Crippen LogP contribution is 1.26. The Bertz CT molecular complexity index is 182. The van der Waals surface area contributed by atoms with Gasteiger partial charge in [0.2, 0.25) is 12.2 Å². The Morgan fingerprint density at radius 3 is 0.786 bits per heavy atom. The van der Waals surface area contributed by atoms with Crippen LogP contribution in [0.5, 0.6) is 0 Å². The molecule has 80 valence electrons. The fourth-order valence-corrected chi connectivity index (χ4v) is 0. The van der Waals surface area contributed by atoms with E-state index in [1.807, 2.05) is 0 Å². The first kappa shape index (κ1) is 22.5. The molecule has 0 spiro atoms. The maximum absolute atomic E-state index is 9.00. The molecule has 0 rings (SSSR count). The number of urea groups is 2. The molecule has 0 aliphatic heterocycles. The van der Waals surface area contributed by atoms with E-state index >= 15 is 0 Å². The van der Waals surface area contributed by atoms with Crippen LogP contribution in [0.2, 0.25) is 0 Å². The van der Waals surface area contributed by atoms with Crippen molar-refractivity contribution in [2.24, 2.45) is 22.9 Å². The van der Waals surface area contributed by atoms with Gasteiger partial charge in [-0.05, 0) is 0 Å². The van der Waals surface area contributed by atoms with Gasteiger partial charge in [-0.2, -0.15) is 0 Å². The van der Waals surface area contributed by atoms with E-state index in [2.05, 4.69) is 22.9 Å². The number of nitrogens with one attached hydrogen (secondary N) is 2. The minimum atomic E-state index is -0.833. The summed E-state index contributed by atoms with van der Waals surface area (Å²) in [6.07, 6.45) is 1.50. The van der Waals surface area contributed by atoms with Crippen LogP contribution < -0.4 is 22.9 Å². The topological polar surface area (TPSA) is 220 Å². The highest BCUT2D eigenvalue weighted by molar-refractivity contribution is 5.69. The normalized spacial score (nSPS) is 4.57. The number of hydrogen-bond acceptors (Lipinski definition) is 6. The molecule has 0 fully saturated rings. The fraction of sp³-hybridized carbons (Fsp3) is 0. The first-order valence-electron chi connectivity index (χ1n) is 2.47. The summed E-state index contributed by atoms with van der Waals surface area (Å²) in [5.74, 6) is 0. The standard InChI is InChI=1S/2CH4N2O.2CHNO/c2*2-1(3)4;2*2-1-3/h2*(H4,2,3,4);2*2H. The summed E-state index contributed by atoms with van der Waals surface area (Å²) in [6, 6.07) is -1.67. The van der Waals surface area contributed by atoms with Crippen molar-refractivity contribution in [2.45, 2.75) is 0 Å². The van der Waals surface area contributed by atoms with Crippen molar-refractivity contribution >= 4 is 24.2 Å². The van der Waals surface area contributed by atoms with Crippen LogP contribution in [-0.2, 0) is 9.59 Å². The Hall–Kier alpha value is -2.70. The molecule has 0 saturated carbocycles. The van der Waals surface area contributed by atoms with E-state index in [4.69, 9.17) is 30.0 Å². The van der Waals surface area contributed by atoms with Crippen molar-refractivity contribution in [1.29, 1.82) is 10.8 Å². The molecule has 0 bridgehead atoms. The molecule has 14 heavy (non-hydrogen) atoms. The van der Waals surface area contributed by atoms with Gasteiger partial charge < -0.3 is 22.9 Å². The number of isocyanates is 2. The Morgan fingerprint density at radius 2 is 0.786 bits per heavy atom. The summed E-state index contributed by atoms with van der Waals surface area (Å²) in [5.41, 5.74) is 17.0. The van der Waals surface area contributed by atoms with Crippen LogP contribution >= 0.6 is 0 Å². The third kappa shape index (κ3) is 87.9. The average molecular weight is 206 g/mol. The summed E-state index contributed by atoms with van der Waals surface area (Å²) in [6.45, 7) is 0. The molecule has 0 aromatic heterocycles. The largest absolute Gasteiger partial charge is 0.352 e. The number of nitrogens with two attached hydrogens (primary N) is 4.